The van der Waals surface area contributed by atoms with Crippen LogP contribution < -0.4 is 5.32 Å². The van der Waals surface area contributed by atoms with Crippen molar-refractivity contribution in [2.75, 3.05) is 6.54 Å². The molecule has 0 amide bonds. The van der Waals surface area contributed by atoms with Crippen molar-refractivity contribution in [3.63, 3.8) is 0 Å². The number of benzene rings is 2. The molecule has 0 spiro atoms. The molecule has 3 heteroatoms. The second-order valence-corrected chi connectivity index (χ2v) is 5.77. The van der Waals surface area contributed by atoms with Gasteiger partial charge in [0.1, 0.15) is 5.82 Å². The molecule has 1 atom stereocenters. The molecule has 21 heavy (non-hydrogen) atoms. The van der Waals surface area contributed by atoms with E-state index in [4.69, 9.17) is 11.6 Å². The number of rotatable bonds is 6. The quantitative estimate of drug-likeness (QED) is 0.785. The van der Waals surface area contributed by atoms with Crippen molar-refractivity contribution < 1.29 is 4.39 Å². The third-order valence-corrected chi connectivity index (χ3v) is 3.85. The first kappa shape index (κ1) is 16.0. The predicted molar refractivity (Wildman–Crippen MR) is 87.3 cm³/mol. The Morgan fingerprint density at radius 1 is 1.14 bits per heavy atom. The van der Waals surface area contributed by atoms with Crippen LogP contribution in [0.15, 0.2) is 42.5 Å². The van der Waals surface area contributed by atoms with E-state index in [9.17, 15) is 4.39 Å². The maximum atomic E-state index is 13.3. The Morgan fingerprint density at radius 2 is 1.86 bits per heavy atom. The summed E-state index contributed by atoms with van der Waals surface area (Å²) in [5.41, 5.74) is 3.36. The van der Waals surface area contributed by atoms with Gasteiger partial charge in [-0.05, 0) is 67.3 Å². The smallest absolute Gasteiger partial charge is 0.123 e. The zero-order valence-electron chi connectivity index (χ0n) is 12.5. The van der Waals surface area contributed by atoms with E-state index in [0.717, 1.165) is 35.5 Å². The highest BCUT2D eigenvalue weighted by atomic mass is 35.5. The van der Waals surface area contributed by atoms with Crippen molar-refractivity contribution in [1.82, 2.24) is 5.32 Å². The standard InChI is InChI=1S/C18H21ClFN/c1-3-10-21-18(12-14-4-6-15(19)7-5-14)17-9-8-16(20)11-13(17)2/h4-9,11,18,21H,3,10,12H2,1-2H3. The Kier molecular flexibility index (Phi) is 5.77. The molecule has 0 aliphatic heterocycles. The van der Waals surface area contributed by atoms with Crippen LogP contribution in [-0.2, 0) is 6.42 Å². The first-order valence-electron chi connectivity index (χ1n) is 7.34. The molecule has 0 saturated carbocycles. The van der Waals surface area contributed by atoms with E-state index in [-0.39, 0.29) is 11.9 Å². The molecule has 0 fully saturated rings. The van der Waals surface area contributed by atoms with Crippen LogP contribution in [0.25, 0.3) is 0 Å². The van der Waals surface area contributed by atoms with Gasteiger partial charge in [0.2, 0.25) is 0 Å². The van der Waals surface area contributed by atoms with E-state index < -0.39 is 0 Å². The average Bonchev–Trinajstić information content (AvgIpc) is 2.46. The molecule has 0 heterocycles. The van der Waals surface area contributed by atoms with E-state index in [1.54, 1.807) is 6.07 Å². The van der Waals surface area contributed by atoms with Gasteiger partial charge in [-0.3, -0.25) is 0 Å². The summed E-state index contributed by atoms with van der Waals surface area (Å²) in [5, 5.41) is 4.30. The highest BCUT2D eigenvalue weighted by Crippen LogP contribution is 2.23. The highest BCUT2D eigenvalue weighted by Gasteiger charge is 2.14. The molecule has 1 N–H and O–H groups in total. The van der Waals surface area contributed by atoms with Crippen molar-refractivity contribution in [1.29, 1.82) is 0 Å². The van der Waals surface area contributed by atoms with Gasteiger partial charge in [0.15, 0.2) is 0 Å². The molecule has 0 bridgehead atoms. The van der Waals surface area contributed by atoms with Gasteiger partial charge in [0.05, 0.1) is 0 Å². The topological polar surface area (TPSA) is 12.0 Å². The lowest BCUT2D eigenvalue weighted by atomic mass is 9.95. The van der Waals surface area contributed by atoms with Gasteiger partial charge in [-0.15, -0.1) is 0 Å². The summed E-state index contributed by atoms with van der Waals surface area (Å²) < 4.78 is 13.3. The summed E-state index contributed by atoms with van der Waals surface area (Å²) in [6.45, 7) is 5.04. The van der Waals surface area contributed by atoms with Crippen molar-refractivity contribution in [2.45, 2.75) is 32.7 Å². The van der Waals surface area contributed by atoms with Crippen molar-refractivity contribution in [3.05, 3.63) is 70.0 Å². The monoisotopic (exact) mass is 305 g/mol. The molecule has 2 aromatic carbocycles. The molecule has 0 radical (unpaired) electrons. The van der Waals surface area contributed by atoms with Crippen LogP contribution in [0.1, 0.15) is 36.1 Å². The highest BCUT2D eigenvalue weighted by molar-refractivity contribution is 6.30. The van der Waals surface area contributed by atoms with Crippen LogP contribution in [0, 0.1) is 12.7 Å². The van der Waals surface area contributed by atoms with Gasteiger partial charge < -0.3 is 5.32 Å². The lowest BCUT2D eigenvalue weighted by Crippen LogP contribution is -2.24. The Balaban J connectivity index is 2.22. The lowest BCUT2D eigenvalue weighted by molar-refractivity contribution is 0.525. The third kappa shape index (κ3) is 4.55. The van der Waals surface area contributed by atoms with E-state index in [0.29, 0.717) is 0 Å². The molecule has 0 aliphatic carbocycles. The summed E-state index contributed by atoms with van der Waals surface area (Å²) >= 11 is 5.93. The van der Waals surface area contributed by atoms with Crippen LogP contribution >= 0.6 is 11.6 Å². The molecular weight excluding hydrogens is 285 g/mol. The Morgan fingerprint density at radius 3 is 2.48 bits per heavy atom. The normalized spacial score (nSPS) is 12.4. The Labute approximate surface area is 131 Å². The van der Waals surface area contributed by atoms with E-state index in [1.807, 2.05) is 37.3 Å². The van der Waals surface area contributed by atoms with Crippen LogP contribution in [-0.4, -0.2) is 6.54 Å². The fourth-order valence-corrected chi connectivity index (χ4v) is 2.62. The number of hydrogen-bond donors (Lipinski definition) is 1. The summed E-state index contributed by atoms with van der Waals surface area (Å²) in [7, 11) is 0. The van der Waals surface area contributed by atoms with Gasteiger partial charge in [-0.2, -0.15) is 0 Å². The summed E-state index contributed by atoms with van der Waals surface area (Å²) in [6, 6.07) is 13.1. The number of hydrogen-bond acceptors (Lipinski definition) is 1. The third-order valence-electron chi connectivity index (χ3n) is 3.60. The summed E-state index contributed by atoms with van der Waals surface area (Å²) in [4.78, 5) is 0. The van der Waals surface area contributed by atoms with E-state index in [2.05, 4.69) is 12.2 Å². The number of halogens is 2. The molecule has 112 valence electrons. The zero-order chi connectivity index (χ0) is 15.2. The fraction of sp³-hybridized carbons (Fsp3) is 0.333. The van der Waals surface area contributed by atoms with Crippen molar-refractivity contribution in [2.24, 2.45) is 0 Å². The minimum absolute atomic E-state index is 0.183. The van der Waals surface area contributed by atoms with Crippen molar-refractivity contribution >= 4 is 11.6 Å². The van der Waals surface area contributed by atoms with E-state index in [1.165, 1.54) is 11.6 Å². The minimum atomic E-state index is -0.183. The van der Waals surface area contributed by atoms with Gasteiger partial charge >= 0.3 is 0 Å². The van der Waals surface area contributed by atoms with Gasteiger partial charge in [0.25, 0.3) is 0 Å². The van der Waals surface area contributed by atoms with E-state index >= 15 is 0 Å². The van der Waals surface area contributed by atoms with Crippen LogP contribution in [0.5, 0.6) is 0 Å². The second kappa shape index (κ2) is 7.58. The second-order valence-electron chi connectivity index (χ2n) is 5.34. The van der Waals surface area contributed by atoms with Crippen LogP contribution in [0.4, 0.5) is 4.39 Å². The SMILES string of the molecule is CCCNC(Cc1ccc(Cl)cc1)c1ccc(F)cc1C. The lowest BCUT2D eigenvalue weighted by Gasteiger charge is -2.21. The minimum Gasteiger partial charge on any atom is -0.310 e. The molecule has 1 unspecified atom stereocenters. The van der Waals surface area contributed by atoms with Crippen LogP contribution in [0.3, 0.4) is 0 Å². The Bertz CT molecular complexity index is 580. The molecule has 1 nitrogen and oxygen atoms in total. The predicted octanol–water partition coefficient (Wildman–Crippen LogP) is 5.07. The van der Waals surface area contributed by atoms with Crippen molar-refractivity contribution in [3.8, 4) is 0 Å². The zero-order valence-corrected chi connectivity index (χ0v) is 13.3. The maximum Gasteiger partial charge on any atom is 0.123 e. The van der Waals surface area contributed by atoms with Gasteiger partial charge in [0, 0.05) is 11.1 Å². The first-order valence-corrected chi connectivity index (χ1v) is 7.72. The van der Waals surface area contributed by atoms with Gasteiger partial charge in [-0.1, -0.05) is 36.7 Å². The molecular formula is C18H21ClFN. The Hall–Kier alpha value is -1.38. The molecule has 2 rings (SSSR count). The molecule has 2 aromatic rings. The average molecular weight is 306 g/mol. The maximum absolute atomic E-state index is 13.3. The number of nitrogens with one attached hydrogen (secondary N) is 1. The van der Waals surface area contributed by atoms with Crippen LogP contribution in [0.2, 0.25) is 5.02 Å². The largest absolute Gasteiger partial charge is 0.310 e. The summed E-state index contributed by atoms with van der Waals surface area (Å²) in [5.74, 6) is -0.183. The first-order chi connectivity index (χ1) is 10.1. The molecule has 0 aromatic heterocycles. The van der Waals surface area contributed by atoms with Gasteiger partial charge in [-0.25, -0.2) is 4.39 Å². The molecule has 0 aliphatic rings. The fourth-order valence-electron chi connectivity index (χ4n) is 2.50. The number of aryl methyl sites for hydroxylation is 1. The summed E-state index contributed by atoms with van der Waals surface area (Å²) in [6.07, 6.45) is 1.93. The molecule has 0 saturated heterocycles.